The van der Waals surface area contributed by atoms with Crippen molar-refractivity contribution in [2.75, 3.05) is 11.9 Å². The van der Waals surface area contributed by atoms with E-state index in [1.165, 1.54) is 0 Å². The van der Waals surface area contributed by atoms with Gasteiger partial charge in [-0.05, 0) is 19.1 Å². The van der Waals surface area contributed by atoms with Crippen molar-refractivity contribution in [1.29, 1.82) is 0 Å². The molecular formula is C19H14ClF6N3O2. The summed E-state index contributed by atoms with van der Waals surface area (Å²) in [4.78, 5) is 9.83. The molecule has 5 nitrogen and oxygen atoms in total. The zero-order chi connectivity index (χ0) is 23.2. The second-order valence-electron chi connectivity index (χ2n) is 5.67. The molecular weight excluding hydrogens is 452 g/mol. The Hall–Kier alpha value is -3.21. The number of hydrogen-bond donors (Lipinski definition) is 1. The van der Waals surface area contributed by atoms with Gasteiger partial charge in [0.05, 0.1) is 17.3 Å². The zero-order valence-corrected chi connectivity index (χ0v) is 16.4. The Balaban J connectivity index is 0.000000245. The standard InChI is InChI=1S/C12H10ClF3N2O.C7H4F3NO/c1-2-19-11-7-10(12(14,15)16)17-18(11)9-6-4-3-5-8(9)13;8-4-1-5(9)7(11-3-12)6(10)2-4/h3-7H,2H2,1H3;1-3H,(H,11,12). The SMILES string of the molecule is CCOc1cc(C(F)(F)F)nn1-c1ccccc1Cl.O=CNc1c(F)cc(F)cc1F. The molecule has 0 saturated carbocycles. The van der Waals surface area contributed by atoms with Gasteiger partial charge >= 0.3 is 6.18 Å². The van der Waals surface area contributed by atoms with Crippen LogP contribution in [0.15, 0.2) is 42.5 Å². The van der Waals surface area contributed by atoms with Gasteiger partial charge in [0.1, 0.15) is 11.5 Å². The summed E-state index contributed by atoms with van der Waals surface area (Å²) < 4.78 is 81.7. The quantitative estimate of drug-likeness (QED) is 0.393. The molecule has 1 N–H and O–H groups in total. The molecule has 1 aromatic heterocycles. The number of amides is 1. The summed E-state index contributed by atoms with van der Waals surface area (Å²) in [6, 6.07) is 8.29. The van der Waals surface area contributed by atoms with Gasteiger partial charge in [0.15, 0.2) is 17.3 Å². The molecule has 0 aliphatic heterocycles. The number of benzene rings is 2. The number of anilines is 1. The number of nitrogens with one attached hydrogen (secondary N) is 1. The average molecular weight is 466 g/mol. The Morgan fingerprint density at radius 2 is 1.74 bits per heavy atom. The van der Waals surface area contributed by atoms with E-state index >= 15 is 0 Å². The first kappa shape index (κ1) is 24.1. The first-order valence-corrected chi connectivity index (χ1v) is 8.86. The molecule has 0 fully saturated rings. The molecule has 3 aromatic rings. The van der Waals surface area contributed by atoms with E-state index in [2.05, 4.69) is 5.10 Å². The van der Waals surface area contributed by atoms with Crippen LogP contribution in [0.1, 0.15) is 12.6 Å². The van der Waals surface area contributed by atoms with Crippen molar-refractivity contribution >= 4 is 23.7 Å². The zero-order valence-electron chi connectivity index (χ0n) is 15.7. The predicted molar refractivity (Wildman–Crippen MR) is 101 cm³/mol. The molecule has 0 atom stereocenters. The van der Waals surface area contributed by atoms with Crippen LogP contribution < -0.4 is 10.1 Å². The van der Waals surface area contributed by atoms with E-state index in [9.17, 15) is 31.1 Å². The summed E-state index contributed by atoms with van der Waals surface area (Å²) in [6.45, 7) is 1.91. The van der Waals surface area contributed by atoms with Gasteiger partial charge in [-0.1, -0.05) is 23.7 Å². The second-order valence-corrected chi connectivity index (χ2v) is 6.08. The summed E-state index contributed by atoms with van der Waals surface area (Å²) >= 11 is 5.96. The lowest BCUT2D eigenvalue weighted by Gasteiger charge is -2.08. The van der Waals surface area contributed by atoms with Gasteiger partial charge in [0.2, 0.25) is 12.3 Å². The average Bonchev–Trinajstić information content (AvgIpc) is 3.10. The van der Waals surface area contributed by atoms with Crippen LogP contribution >= 0.6 is 11.6 Å². The summed E-state index contributed by atoms with van der Waals surface area (Å²) in [6.07, 6.45) is -4.42. The fourth-order valence-electron chi connectivity index (χ4n) is 2.29. The van der Waals surface area contributed by atoms with Gasteiger partial charge in [0, 0.05) is 18.2 Å². The van der Waals surface area contributed by atoms with Crippen LogP contribution in [0, 0.1) is 17.5 Å². The van der Waals surface area contributed by atoms with E-state index in [0.717, 1.165) is 10.7 Å². The largest absolute Gasteiger partial charge is 0.478 e. The number of ether oxygens (including phenoxy) is 1. The Labute approximate surface area is 177 Å². The maximum atomic E-state index is 12.7. The minimum Gasteiger partial charge on any atom is -0.478 e. The molecule has 0 saturated heterocycles. The fraction of sp³-hybridized carbons (Fsp3) is 0.158. The monoisotopic (exact) mass is 465 g/mol. The topological polar surface area (TPSA) is 56.2 Å². The number of nitrogens with zero attached hydrogens (tertiary/aromatic N) is 2. The lowest BCUT2D eigenvalue weighted by Crippen LogP contribution is -2.07. The highest BCUT2D eigenvalue weighted by atomic mass is 35.5. The highest BCUT2D eigenvalue weighted by Gasteiger charge is 2.35. The summed E-state index contributed by atoms with van der Waals surface area (Å²) in [5.41, 5.74) is -1.33. The maximum absolute atomic E-state index is 12.7. The third kappa shape index (κ3) is 6.14. The molecule has 31 heavy (non-hydrogen) atoms. The molecule has 12 heteroatoms. The van der Waals surface area contributed by atoms with Crippen LogP contribution in [0.4, 0.5) is 32.0 Å². The van der Waals surface area contributed by atoms with Crippen molar-refractivity contribution in [3.05, 3.63) is 70.6 Å². The van der Waals surface area contributed by atoms with Crippen molar-refractivity contribution < 1.29 is 35.9 Å². The normalized spacial score (nSPS) is 10.8. The number of rotatable bonds is 5. The number of aromatic nitrogens is 2. The van der Waals surface area contributed by atoms with Gasteiger partial charge in [0.25, 0.3) is 0 Å². The molecule has 2 aromatic carbocycles. The van der Waals surface area contributed by atoms with Crippen LogP contribution in [0.25, 0.3) is 5.69 Å². The summed E-state index contributed by atoms with van der Waals surface area (Å²) in [5.74, 6) is -3.30. The number of carbonyl (C=O) groups is 1. The Morgan fingerprint density at radius 1 is 1.13 bits per heavy atom. The minimum absolute atomic E-state index is 0.00271. The molecule has 1 amide bonds. The molecule has 0 aliphatic carbocycles. The molecule has 0 aliphatic rings. The van der Waals surface area contributed by atoms with Crippen molar-refractivity contribution in [2.45, 2.75) is 13.1 Å². The van der Waals surface area contributed by atoms with Crippen molar-refractivity contribution in [2.24, 2.45) is 0 Å². The molecule has 1 heterocycles. The van der Waals surface area contributed by atoms with Gasteiger partial charge < -0.3 is 10.1 Å². The third-order valence-corrected chi connectivity index (χ3v) is 3.87. The highest BCUT2D eigenvalue weighted by Crippen LogP contribution is 2.33. The van der Waals surface area contributed by atoms with E-state index in [-0.39, 0.29) is 18.9 Å². The predicted octanol–water partition coefficient (Wildman–Crippen LogP) is 5.62. The number of carbonyl (C=O) groups excluding carboxylic acids is 1. The Kier molecular flexibility index (Phi) is 7.92. The van der Waals surface area contributed by atoms with Gasteiger partial charge in [-0.25, -0.2) is 13.2 Å². The lowest BCUT2D eigenvalue weighted by molar-refractivity contribution is -0.141. The highest BCUT2D eigenvalue weighted by molar-refractivity contribution is 6.32. The molecule has 0 unspecified atom stereocenters. The fourth-order valence-corrected chi connectivity index (χ4v) is 2.50. The van der Waals surface area contributed by atoms with Crippen LogP contribution in [0.3, 0.4) is 0 Å². The minimum atomic E-state index is -4.53. The van der Waals surface area contributed by atoms with E-state index in [0.29, 0.717) is 22.8 Å². The van der Waals surface area contributed by atoms with E-state index in [1.807, 2.05) is 0 Å². The maximum Gasteiger partial charge on any atom is 0.435 e. The Morgan fingerprint density at radius 3 is 2.26 bits per heavy atom. The van der Waals surface area contributed by atoms with Crippen molar-refractivity contribution in [1.82, 2.24) is 9.78 Å². The molecule has 0 bridgehead atoms. The first-order chi connectivity index (χ1) is 14.6. The first-order valence-electron chi connectivity index (χ1n) is 8.48. The Bertz CT molecular complexity index is 1030. The summed E-state index contributed by atoms with van der Waals surface area (Å²) in [5, 5.41) is 5.58. The van der Waals surface area contributed by atoms with Crippen LogP contribution in [-0.2, 0) is 11.0 Å². The van der Waals surface area contributed by atoms with Crippen LogP contribution in [0.2, 0.25) is 5.02 Å². The molecule has 0 radical (unpaired) electrons. The smallest absolute Gasteiger partial charge is 0.435 e. The second kappa shape index (κ2) is 10.2. The molecule has 0 spiro atoms. The van der Waals surface area contributed by atoms with Gasteiger partial charge in [-0.2, -0.15) is 23.0 Å². The molecule has 166 valence electrons. The van der Waals surface area contributed by atoms with Crippen LogP contribution in [-0.4, -0.2) is 22.8 Å². The number of para-hydroxylation sites is 1. The van der Waals surface area contributed by atoms with Gasteiger partial charge in [-0.3, -0.25) is 4.79 Å². The third-order valence-electron chi connectivity index (χ3n) is 3.55. The number of hydrogen-bond acceptors (Lipinski definition) is 3. The number of halogens is 7. The molecule has 3 rings (SSSR count). The van der Waals surface area contributed by atoms with E-state index in [1.54, 1.807) is 36.5 Å². The van der Waals surface area contributed by atoms with Crippen LogP contribution in [0.5, 0.6) is 5.88 Å². The van der Waals surface area contributed by atoms with Crippen molar-refractivity contribution in [3.63, 3.8) is 0 Å². The van der Waals surface area contributed by atoms with E-state index < -0.39 is 35.0 Å². The summed E-state index contributed by atoms with van der Waals surface area (Å²) in [7, 11) is 0. The van der Waals surface area contributed by atoms with Crippen molar-refractivity contribution in [3.8, 4) is 11.6 Å². The van der Waals surface area contributed by atoms with Gasteiger partial charge in [-0.15, -0.1) is 0 Å². The number of alkyl halides is 3. The van der Waals surface area contributed by atoms with E-state index in [4.69, 9.17) is 16.3 Å². The lowest BCUT2D eigenvalue weighted by atomic mass is 10.3.